The number of hydrogen-bond donors (Lipinski definition) is 1. The zero-order chi connectivity index (χ0) is 32.0. The summed E-state index contributed by atoms with van der Waals surface area (Å²) in [6.45, 7) is 5.11. The maximum absolute atomic E-state index is 13.3. The van der Waals surface area contributed by atoms with E-state index >= 15 is 0 Å². The van der Waals surface area contributed by atoms with Crippen LogP contribution in [0, 0.1) is 27.9 Å². The van der Waals surface area contributed by atoms with Gasteiger partial charge in [0.15, 0.2) is 0 Å². The third-order valence-electron chi connectivity index (χ3n) is 10.8. The van der Waals surface area contributed by atoms with Crippen LogP contribution in [0.2, 0.25) is 0 Å². The number of nitro groups is 1. The standard InChI is InChI=1S/C36H48N4O6/c41-35(42)34(29-9-5-2-6-10-29)38-23-30(33(24-38)28-7-3-1-4-8-28)22-37-19-17-31(18-20-37)39(21-26-11-12-26)36(43)46-25-27-13-15-32(16-14-27)40(44)45/h1,3-4,7-8,13-16,26,29-31,33-34H,2,5-6,9-12,17-25H2,(H,41,42). The molecule has 4 aliphatic rings. The number of carboxylic acids is 1. The maximum Gasteiger partial charge on any atom is 0.410 e. The van der Waals surface area contributed by atoms with Gasteiger partial charge in [0.25, 0.3) is 5.69 Å². The molecule has 0 aromatic heterocycles. The van der Waals surface area contributed by atoms with Crippen molar-refractivity contribution in [1.82, 2.24) is 14.7 Å². The normalized spacial score (nSPS) is 24.0. The number of nitro benzene ring substituents is 1. The van der Waals surface area contributed by atoms with E-state index in [9.17, 15) is 24.8 Å². The molecule has 1 amide bonds. The van der Waals surface area contributed by atoms with E-state index in [0.29, 0.717) is 17.8 Å². The Morgan fingerprint density at radius 3 is 2.26 bits per heavy atom. The fourth-order valence-corrected chi connectivity index (χ4v) is 8.14. The van der Waals surface area contributed by atoms with Crippen LogP contribution in [0.3, 0.4) is 0 Å². The summed E-state index contributed by atoms with van der Waals surface area (Å²) in [5.41, 5.74) is 2.04. The van der Waals surface area contributed by atoms with Crippen LogP contribution in [-0.4, -0.2) is 88.1 Å². The van der Waals surface area contributed by atoms with E-state index in [2.05, 4.69) is 34.1 Å². The van der Waals surface area contributed by atoms with Crippen molar-refractivity contribution in [3.05, 3.63) is 75.8 Å². The van der Waals surface area contributed by atoms with Crippen molar-refractivity contribution in [3.63, 3.8) is 0 Å². The molecule has 3 unspecified atom stereocenters. The van der Waals surface area contributed by atoms with Crippen molar-refractivity contribution in [1.29, 1.82) is 0 Å². The Kier molecular flexibility index (Phi) is 10.5. The summed E-state index contributed by atoms with van der Waals surface area (Å²) >= 11 is 0. The molecule has 2 saturated carbocycles. The van der Waals surface area contributed by atoms with Crippen LogP contribution in [0.5, 0.6) is 0 Å². The Hall–Kier alpha value is -3.50. The van der Waals surface area contributed by atoms with Crippen molar-refractivity contribution in [2.45, 2.75) is 82.4 Å². The summed E-state index contributed by atoms with van der Waals surface area (Å²) in [5.74, 6) is 0.738. The van der Waals surface area contributed by atoms with Crippen molar-refractivity contribution >= 4 is 17.7 Å². The van der Waals surface area contributed by atoms with Gasteiger partial charge in [0, 0.05) is 63.4 Å². The van der Waals surface area contributed by atoms with Crippen LogP contribution in [0.25, 0.3) is 0 Å². The van der Waals surface area contributed by atoms with Crippen LogP contribution >= 0.6 is 0 Å². The highest BCUT2D eigenvalue weighted by atomic mass is 16.6. The van der Waals surface area contributed by atoms with E-state index in [1.165, 1.54) is 24.1 Å². The SMILES string of the molecule is O=C(O)C(C1CCCCC1)N1CC(CN2CCC(N(CC3CC3)C(=O)OCc3ccc([N+](=O)[O-])cc3)CC2)C(c2ccccc2)C1. The van der Waals surface area contributed by atoms with E-state index in [1.54, 1.807) is 12.1 Å². The third kappa shape index (κ3) is 8.07. The molecule has 248 valence electrons. The number of non-ortho nitro benzene ring substituents is 1. The van der Waals surface area contributed by atoms with Gasteiger partial charge in [0.2, 0.25) is 0 Å². The Morgan fingerprint density at radius 1 is 0.935 bits per heavy atom. The Morgan fingerprint density at radius 2 is 1.63 bits per heavy atom. The number of carboxylic acid groups (broad SMARTS) is 1. The molecule has 10 nitrogen and oxygen atoms in total. The molecule has 1 N–H and O–H groups in total. The van der Waals surface area contributed by atoms with Gasteiger partial charge in [0.1, 0.15) is 12.6 Å². The number of hydrogen-bond acceptors (Lipinski definition) is 7. The van der Waals surface area contributed by atoms with Crippen molar-refractivity contribution in [2.24, 2.45) is 17.8 Å². The first-order valence-corrected chi connectivity index (χ1v) is 17.3. The van der Waals surface area contributed by atoms with Crippen LogP contribution in [0.15, 0.2) is 54.6 Å². The number of rotatable bonds is 12. The van der Waals surface area contributed by atoms with Gasteiger partial charge in [-0.25, -0.2) is 4.79 Å². The second-order valence-corrected chi connectivity index (χ2v) is 14.0. The van der Waals surface area contributed by atoms with Crippen LogP contribution in [-0.2, 0) is 16.1 Å². The molecule has 2 aromatic rings. The largest absolute Gasteiger partial charge is 0.480 e. The second kappa shape index (κ2) is 14.9. The fraction of sp³-hybridized carbons (Fsp3) is 0.611. The predicted octanol–water partition coefficient (Wildman–Crippen LogP) is 6.16. The van der Waals surface area contributed by atoms with Gasteiger partial charge in [-0.05, 0) is 79.5 Å². The second-order valence-electron chi connectivity index (χ2n) is 14.0. The molecule has 2 aromatic carbocycles. The lowest BCUT2D eigenvalue weighted by molar-refractivity contribution is -0.384. The lowest BCUT2D eigenvalue weighted by Crippen LogP contribution is -2.49. The molecule has 3 atom stereocenters. The summed E-state index contributed by atoms with van der Waals surface area (Å²) < 4.78 is 5.72. The maximum atomic E-state index is 13.3. The van der Waals surface area contributed by atoms with E-state index in [0.717, 1.165) is 96.2 Å². The number of carbonyl (C=O) groups is 2. The molecule has 2 aliphatic heterocycles. The summed E-state index contributed by atoms with van der Waals surface area (Å²) in [6.07, 6.45) is 9.23. The van der Waals surface area contributed by atoms with Gasteiger partial charge >= 0.3 is 12.1 Å². The molecule has 4 fully saturated rings. The Labute approximate surface area is 271 Å². The van der Waals surface area contributed by atoms with Gasteiger partial charge in [-0.2, -0.15) is 0 Å². The Bertz CT molecular complexity index is 1320. The zero-order valence-electron chi connectivity index (χ0n) is 26.8. The van der Waals surface area contributed by atoms with Crippen LogP contribution in [0.1, 0.15) is 74.8 Å². The summed E-state index contributed by atoms with van der Waals surface area (Å²) in [4.78, 5) is 43.2. The molecule has 2 saturated heterocycles. The molecule has 46 heavy (non-hydrogen) atoms. The smallest absolute Gasteiger partial charge is 0.410 e. The van der Waals surface area contributed by atoms with Gasteiger partial charge in [-0.15, -0.1) is 0 Å². The van der Waals surface area contributed by atoms with Crippen LogP contribution < -0.4 is 0 Å². The first kappa shape index (κ1) is 32.4. The van der Waals surface area contributed by atoms with E-state index in [-0.39, 0.29) is 30.3 Å². The third-order valence-corrected chi connectivity index (χ3v) is 10.8. The van der Waals surface area contributed by atoms with Gasteiger partial charge < -0.3 is 19.6 Å². The molecule has 10 heteroatoms. The molecule has 2 heterocycles. The lowest BCUT2D eigenvalue weighted by Gasteiger charge is -2.39. The minimum Gasteiger partial charge on any atom is -0.480 e. The lowest BCUT2D eigenvalue weighted by atomic mass is 9.83. The van der Waals surface area contributed by atoms with Crippen molar-refractivity contribution in [2.75, 3.05) is 39.3 Å². The quantitative estimate of drug-likeness (QED) is 0.219. The highest BCUT2D eigenvalue weighted by molar-refractivity contribution is 5.74. The summed E-state index contributed by atoms with van der Waals surface area (Å²) in [5, 5.41) is 21.3. The predicted molar refractivity (Wildman–Crippen MR) is 174 cm³/mol. The molecule has 2 aliphatic carbocycles. The number of amides is 1. The number of benzene rings is 2. The number of likely N-dealkylation sites (tertiary alicyclic amines) is 2. The minimum atomic E-state index is -0.670. The van der Waals surface area contributed by atoms with Gasteiger partial charge in [-0.1, -0.05) is 49.6 Å². The number of piperidine rings is 1. The van der Waals surface area contributed by atoms with E-state index in [4.69, 9.17) is 4.74 Å². The molecule has 6 rings (SSSR count). The summed E-state index contributed by atoms with van der Waals surface area (Å²) in [6, 6.07) is 16.5. The first-order chi connectivity index (χ1) is 22.4. The molecular formula is C36H48N4O6. The highest BCUT2D eigenvalue weighted by Gasteiger charge is 2.43. The van der Waals surface area contributed by atoms with Gasteiger partial charge in [-0.3, -0.25) is 19.8 Å². The molecule has 0 bridgehead atoms. The number of carbonyl (C=O) groups excluding carboxylic acids is 1. The number of ether oxygens (including phenoxy) is 1. The first-order valence-electron chi connectivity index (χ1n) is 17.3. The Balaban J connectivity index is 1.07. The number of nitrogens with zero attached hydrogens (tertiary/aromatic N) is 4. The average Bonchev–Trinajstić information content (AvgIpc) is 3.82. The topological polar surface area (TPSA) is 116 Å². The highest BCUT2D eigenvalue weighted by Crippen LogP contribution is 2.39. The molecule has 0 spiro atoms. The average molecular weight is 633 g/mol. The minimum absolute atomic E-state index is 0.0172. The van der Waals surface area contributed by atoms with Crippen molar-refractivity contribution in [3.8, 4) is 0 Å². The van der Waals surface area contributed by atoms with Gasteiger partial charge in [0.05, 0.1) is 4.92 Å². The zero-order valence-corrected chi connectivity index (χ0v) is 26.8. The van der Waals surface area contributed by atoms with Crippen LogP contribution in [0.4, 0.5) is 10.5 Å². The number of aliphatic carboxylic acids is 1. The van der Waals surface area contributed by atoms with E-state index in [1.807, 2.05) is 11.0 Å². The monoisotopic (exact) mass is 632 g/mol. The molecular weight excluding hydrogens is 584 g/mol. The van der Waals surface area contributed by atoms with Crippen molar-refractivity contribution < 1.29 is 24.4 Å². The fourth-order valence-electron chi connectivity index (χ4n) is 8.14. The van der Waals surface area contributed by atoms with E-state index < -0.39 is 16.9 Å². The molecule has 0 radical (unpaired) electrons. The summed E-state index contributed by atoms with van der Waals surface area (Å²) in [7, 11) is 0.